The molecule has 1 aliphatic carbocycles. The molecule has 13 heavy (non-hydrogen) atoms. The van der Waals surface area contributed by atoms with Crippen molar-refractivity contribution in [2.75, 3.05) is 0 Å². The van der Waals surface area contributed by atoms with Gasteiger partial charge in [-0.15, -0.1) is 6.42 Å². The molecule has 1 aromatic carbocycles. The van der Waals surface area contributed by atoms with Crippen molar-refractivity contribution in [3.63, 3.8) is 0 Å². The van der Waals surface area contributed by atoms with Crippen LogP contribution in [0.5, 0.6) is 5.75 Å². The SMILES string of the molecule is C#CC1(c2ccc(Cl)cc2O)CC1. The van der Waals surface area contributed by atoms with Crippen molar-refractivity contribution in [2.45, 2.75) is 18.3 Å². The van der Waals surface area contributed by atoms with Crippen LogP contribution in [0.2, 0.25) is 5.02 Å². The predicted octanol–water partition coefficient (Wildman–Crippen LogP) is 2.71. The van der Waals surface area contributed by atoms with E-state index in [9.17, 15) is 5.11 Å². The van der Waals surface area contributed by atoms with Crippen LogP contribution < -0.4 is 0 Å². The van der Waals surface area contributed by atoms with Gasteiger partial charge in [0.2, 0.25) is 0 Å². The summed E-state index contributed by atoms with van der Waals surface area (Å²) in [6.07, 6.45) is 7.33. The van der Waals surface area contributed by atoms with Gasteiger partial charge in [-0.2, -0.15) is 0 Å². The van der Waals surface area contributed by atoms with E-state index in [1.807, 2.05) is 6.07 Å². The van der Waals surface area contributed by atoms with E-state index in [1.165, 1.54) is 6.07 Å². The van der Waals surface area contributed by atoms with E-state index in [4.69, 9.17) is 18.0 Å². The number of hydrogen-bond donors (Lipinski definition) is 1. The Morgan fingerprint density at radius 2 is 2.15 bits per heavy atom. The first kappa shape index (κ1) is 8.47. The number of benzene rings is 1. The molecule has 66 valence electrons. The van der Waals surface area contributed by atoms with Crippen molar-refractivity contribution in [3.05, 3.63) is 28.8 Å². The molecule has 2 rings (SSSR count). The Hall–Kier alpha value is -1.13. The smallest absolute Gasteiger partial charge is 0.121 e. The summed E-state index contributed by atoms with van der Waals surface area (Å²) in [6.45, 7) is 0. The lowest BCUT2D eigenvalue weighted by Crippen LogP contribution is -2.02. The zero-order chi connectivity index (χ0) is 9.47. The van der Waals surface area contributed by atoms with Gasteiger partial charge in [0.1, 0.15) is 5.75 Å². The third kappa shape index (κ3) is 1.28. The van der Waals surface area contributed by atoms with Crippen LogP contribution in [0.25, 0.3) is 0 Å². The molecule has 0 atom stereocenters. The van der Waals surface area contributed by atoms with Crippen LogP contribution in [0.15, 0.2) is 18.2 Å². The molecule has 0 spiro atoms. The second-order valence-electron chi connectivity index (χ2n) is 3.39. The first-order valence-corrected chi connectivity index (χ1v) is 4.52. The van der Waals surface area contributed by atoms with Crippen LogP contribution in [-0.4, -0.2) is 5.11 Å². The maximum absolute atomic E-state index is 9.62. The number of hydrogen-bond acceptors (Lipinski definition) is 1. The summed E-state index contributed by atoms with van der Waals surface area (Å²) < 4.78 is 0. The Kier molecular flexibility index (Phi) is 1.75. The number of phenols is 1. The molecule has 2 heteroatoms. The molecule has 0 radical (unpaired) electrons. The summed E-state index contributed by atoms with van der Waals surface area (Å²) in [5.74, 6) is 2.94. The first-order chi connectivity index (χ1) is 6.18. The number of phenolic OH excluding ortho intramolecular Hbond substituents is 1. The molecular formula is C11H9ClO. The van der Waals surface area contributed by atoms with Crippen molar-refractivity contribution in [2.24, 2.45) is 0 Å². The Morgan fingerprint density at radius 3 is 2.62 bits per heavy atom. The van der Waals surface area contributed by atoms with Gasteiger partial charge >= 0.3 is 0 Å². The highest BCUT2D eigenvalue weighted by Gasteiger charge is 2.44. The largest absolute Gasteiger partial charge is 0.508 e. The summed E-state index contributed by atoms with van der Waals surface area (Å²) in [6, 6.07) is 5.10. The van der Waals surface area contributed by atoms with Crippen LogP contribution in [0.4, 0.5) is 0 Å². The van der Waals surface area contributed by atoms with Gasteiger partial charge in [0, 0.05) is 10.6 Å². The van der Waals surface area contributed by atoms with Crippen molar-refractivity contribution < 1.29 is 5.11 Å². The Labute approximate surface area is 82.3 Å². The zero-order valence-corrected chi connectivity index (χ0v) is 7.80. The van der Waals surface area contributed by atoms with Crippen LogP contribution >= 0.6 is 11.6 Å². The second-order valence-corrected chi connectivity index (χ2v) is 3.82. The van der Waals surface area contributed by atoms with E-state index in [2.05, 4.69) is 5.92 Å². The molecule has 0 amide bonds. The number of halogens is 1. The molecule has 1 N–H and O–H groups in total. The molecule has 0 unspecified atom stereocenters. The Bertz CT molecular complexity index is 386. The van der Waals surface area contributed by atoms with Crippen molar-refractivity contribution in [1.29, 1.82) is 0 Å². The quantitative estimate of drug-likeness (QED) is 0.679. The lowest BCUT2D eigenvalue weighted by atomic mass is 9.96. The summed E-state index contributed by atoms with van der Waals surface area (Å²) in [4.78, 5) is 0. The lowest BCUT2D eigenvalue weighted by molar-refractivity contribution is 0.465. The zero-order valence-electron chi connectivity index (χ0n) is 7.05. The fourth-order valence-corrected chi connectivity index (χ4v) is 1.69. The highest BCUT2D eigenvalue weighted by atomic mass is 35.5. The maximum Gasteiger partial charge on any atom is 0.121 e. The molecule has 1 aromatic rings. The van der Waals surface area contributed by atoms with Gasteiger partial charge < -0.3 is 5.11 Å². The molecule has 1 aliphatic rings. The molecule has 1 saturated carbocycles. The molecule has 0 aromatic heterocycles. The molecule has 1 nitrogen and oxygen atoms in total. The average Bonchev–Trinajstić information content (AvgIpc) is 2.85. The molecule has 0 heterocycles. The number of rotatable bonds is 1. The van der Waals surface area contributed by atoms with Gasteiger partial charge in [-0.05, 0) is 25.0 Å². The lowest BCUT2D eigenvalue weighted by Gasteiger charge is -2.09. The normalized spacial score (nSPS) is 17.8. The summed E-state index contributed by atoms with van der Waals surface area (Å²) in [5.41, 5.74) is 0.619. The van der Waals surface area contributed by atoms with Crippen LogP contribution in [0.3, 0.4) is 0 Å². The van der Waals surface area contributed by atoms with Gasteiger partial charge in [0.15, 0.2) is 0 Å². The minimum atomic E-state index is -0.214. The summed E-state index contributed by atoms with van der Waals surface area (Å²) >= 11 is 5.72. The average molecular weight is 193 g/mol. The molecule has 0 bridgehead atoms. The number of aromatic hydroxyl groups is 1. The van der Waals surface area contributed by atoms with E-state index in [1.54, 1.807) is 6.07 Å². The van der Waals surface area contributed by atoms with Crippen molar-refractivity contribution >= 4 is 11.6 Å². The molecule has 0 saturated heterocycles. The summed E-state index contributed by atoms with van der Waals surface area (Å²) in [5, 5.41) is 10.2. The third-order valence-electron chi connectivity index (χ3n) is 2.50. The topological polar surface area (TPSA) is 20.2 Å². The molecule has 1 fully saturated rings. The third-order valence-corrected chi connectivity index (χ3v) is 2.74. The van der Waals surface area contributed by atoms with Gasteiger partial charge in [-0.1, -0.05) is 23.6 Å². The van der Waals surface area contributed by atoms with Crippen LogP contribution in [-0.2, 0) is 5.41 Å². The standard InChI is InChI=1S/C11H9ClO/c1-2-11(5-6-11)9-4-3-8(12)7-10(9)13/h1,3-4,7,13H,5-6H2. The van der Waals surface area contributed by atoms with Crippen LogP contribution in [0.1, 0.15) is 18.4 Å². The second kappa shape index (κ2) is 2.68. The van der Waals surface area contributed by atoms with E-state index >= 15 is 0 Å². The predicted molar refractivity (Wildman–Crippen MR) is 52.9 cm³/mol. The van der Waals surface area contributed by atoms with E-state index in [-0.39, 0.29) is 11.2 Å². The highest BCUT2D eigenvalue weighted by molar-refractivity contribution is 6.30. The maximum atomic E-state index is 9.62. The van der Waals surface area contributed by atoms with E-state index in [0.29, 0.717) is 5.02 Å². The van der Waals surface area contributed by atoms with Crippen molar-refractivity contribution in [3.8, 4) is 18.1 Å². The Morgan fingerprint density at radius 1 is 1.46 bits per heavy atom. The molecule has 0 aliphatic heterocycles. The van der Waals surface area contributed by atoms with Crippen molar-refractivity contribution in [1.82, 2.24) is 0 Å². The van der Waals surface area contributed by atoms with Gasteiger partial charge in [-0.25, -0.2) is 0 Å². The summed E-state index contributed by atoms with van der Waals surface area (Å²) in [7, 11) is 0. The molecular weight excluding hydrogens is 184 g/mol. The first-order valence-electron chi connectivity index (χ1n) is 4.15. The van der Waals surface area contributed by atoms with Crippen LogP contribution in [0, 0.1) is 12.3 Å². The fourth-order valence-electron chi connectivity index (χ4n) is 1.53. The van der Waals surface area contributed by atoms with Gasteiger partial charge in [0.25, 0.3) is 0 Å². The fraction of sp³-hybridized carbons (Fsp3) is 0.273. The van der Waals surface area contributed by atoms with E-state index < -0.39 is 0 Å². The van der Waals surface area contributed by atoms with Gasteiger partial charge in [-0.3, -0.25) is 0 Å². The monoisotopic (exact) mass is 192 g/mol. The van der Waals surface area contributed by atoms with Gasteiger partial charge in [0.05, 0.1) is 5.41 Å². The minimum Gasteiger partial charge on any atom is -0.508 e. The number of terminal acetylenes is 1. The minimum absolute atomic E-state index is 0.211. The van der Waals surface area contributed by atoms with E-state index in [0.717, 1.165) is 18.4 Å². The Balaban J connectivity index is 2.48. The highest BCUT2D eigenvalue weighted by Crippen LogP contribution is 2.50.